The Hall–Kier alpha value is -3.15. The molecule has 1 aliphatic heterocycles. The number of aliphatic hydroxyl groups excluding tert-OH is 2. The van der Waals surface area contributed by atoms with Crippen molar-refractivity contribution in [1.82, 2.24) is 29.8 Å². The second kappa shape index (κ2) is 7.52. The molecule has 0 bridgehead atoms. The number of aliphatic hydroxyl groups is 2. The van der Waals surface area contributed by atoms with E-state index in [4.69, 9.17) is 13.0 Å². The summed E-state index contributed by atoms with van der Waals surface area (Å²) in [5.74, 6) is -0.731. The zero-order valence-electron chi connectivity index (χ0n) is 22.1. The van der Waals surface area contributed by atoms with Crippen LogP contribution in [-0.2, 0) is 9.53 Å². The van der Waals surface area contributed by atoms with E-state index in [0.29, 0.717) is 11.5 Å². The Morgan fingerprint density at radius 1 is 1.26 bits per heavy atom. The Morgan fingerprint density at radius 3 is 2.90 bits per heavy atom. The molecule has 1 aliphatic carbocycles. The quantitative estimate of drug-likeness (QED) is 0.444. The molecule has 162 valence electrons. The molecule has 4 N–H and O–H groups in total. The van der Waals surface area contributed by atoms with Crippen LogP contribution in [0.15, 0.2) is 24.8 Å². The minimum absolute atomic E-state index is 0.0341. The fourth-order valence-electron chi connectivity index (χ4n) is 3.72. The number of carbonyl (C=O) groups is 1. The van der Waals surface area contributed by atoms with Crippen LogP contribution in [0.25, 0.3) is 22.6 Å². The summed E-state index contributed by atoms with van der Waals surface area (Å²) in [7, 11) is 0. The van der Waals surface area contributed by atoms with Gasteiger partial charge in [0.05, 0.1) is 6.33 Å². The molecule has 1 unspecified atom stereocenters. The van der Waals surface area contributed by atoms with Gasteiger partial charge in [-0.1, -0.05) is 0 Å². The molecule has 4 atom stereocenters. The lowest BCUT2D eigenvalue weighted by atomic mass is 10.1. The van der Waals surface area contributed by atoms with E-state index in [2.05, 4.69) is 25.3 Å². The maximum atomic E-state index is 12.3. The molecule has 5 rings (SSSR count). The predicted molar refractivity (Wildman–Crippen MR) is 110 cm³/mol. The SMILES string of the molecule is [2H]C([2H])([2H])NC(=O)[C@H]1OC(n2cnc3c(NC([2H])([2H])[2H])nc(-c4cncc(C5CC5)c4)nc32)[C@H](O)[C@@H]1O. The Labute approximate surface area is 185 Å². The van der Waals surface area contributed by atoms with Crippen LogP contribution in [0.1, 0.15) is 38.8 Å². The fourth-order valence-corrected chi connectivity index (χ4v) is 3.72. The highest BCUT2D eigenvalue weighted by atomic mass is 16.6. The molecule has 3 aromatic rings. The summed E-state index contributed by atoms with van der Waals surface area (Å²) in [4.78, 5) is 29.6. The van der Waals surface area contributed by atoms with Gasteiger partial charge in [0.2, 0.25) is 0 Å². The van der Waals surface area contributed by atoms with E-state index in [1.807, 2.05) is 6.07 Å². The van der Waals surface area contributed by atoms with Crippen LogP contribution >= 0.6 is 0 Å². The van der Waals surface area contributed by atoms with Gasteiger partial charge in [0, 0.05) is 40.1 Å². The van der Waals surface area contributed by atoms with Crippen molar-refractivity contribution in [2.24, 2.45) is 0 Å². The van der Waals surface area contributed by atoms with Crippen molar-refractivity contribution in [1.29, 1.82) is 0 Å². The summed E-state index contributed by atoms with van der Waals surface area (Å²) in [5.41, 5.74) is 1.60. The number of hydrogen-bond acceptors (Lipinski definition) is 9. The Morgan fingerprint density at radius 2 is 2.13 bits per heavy atom. The van der Waals surface area contributed by atoms with Gasteiger partial charge in [-0.2, -0.15) is 0 Å². The van der Waals surface area contributed by atoms with Crippen molar-refractivity contribution in [3.05, 3.63) is 30.4 Å². The highest BCUT2D eigenvalue weighted by Crippen LogP contribution is 2.40. The van der Waals surface area contributed by atoms with E-state index in [1.165, 1.54) is 17.1 Å². The lowest BCUT2D eigenvalue weighted by Gasteiger charge is -2.17. The molecule has 0 aromatic carbocycles. The highest BCUT2D eigenvalue weighted by Gasteiger charge is 2.47. The molecule has 4 heterocycles. The van der Waals surface area contributed by atoms with E-state index >= 15 is 0 Å². The molecule has 11 nitrogen and oxygen atoms in total. The second-order valence-corrected chi connectivity index (χ2v) is 7.54. The van der Waals surface area contributed by atoms with Gasteiger partial charge >= 0.3 is 0 Å². The van der Waals surface area contributed by atoms with Crippen molar-refractivity contribution in [3.8, 4) is 11.4 Å². The number of carbonyl (C=O) groups excluding carboxylic acids is 1. The average Bonchev–Trinajstić information content (AvgIpc) is 3.50. The number of pyridine rings is 1. The average molecular weight is 431 g/mol. The number of nitrogens with zero attached hydrogens (tertiary/aromatic N) is 5. The van der Waals surface area contributed by atoms with Crippen molar-refractivity contribution in [2.45, 2.75) is 43.3 Å². The number of nitrogens with one attached hydrogen (secondary N) is 2. The maximum Gasteiger partial charge on any atom is 0.251 e. The number of imidazole rings is 1. The van der Waals surface area contributed by atoms with Crippen LogP contribution in [0.2, 0.25) is 0 Å². The topological polar surface area (TPSA) is 147 Å². The minimum atomic E-state index is -2.83. The normalized spacial score (nSPS) is 29.4. The number of rotatable bonds is 5. The van der Waals surface area contributed by atoms with Gasteiger partial charge in [0.1, 0.15) is 12.2 Å². The van der Waals surface area contributed by atoms with Gasteiger partial charge in [-0.3, -0.25) is 14.3 Å². The van der Waals surface area contributed by atoms with Crippen molar-refractivity contribution < 1.29 is 28.0 Å². The van der Waals surface area contributed by atoms with Gasteiger partial charge in [-0.15, -0.1) is 0 Å². The molecule has 2 aliphatic rings. The first-order valence-electron chi connectivity index (χ1n) is 12.6. The van der Waals surface area contributed by atoms with E-state index in [0.717, 1.165) is 18.4 Å². The van der Waals surface area contributed by atoms with Crippen LogP contribution < -0.4 is 10.6 Å². The fraction of sp³-hybridized carbons (Fsp3) is 0.450. The minimum Gasteiger partial charge on any atom is -0.387 e. The molecule has 2 fully saturated rings. The van der Waals surface area contributed by atoms with Crippen LogP contribution in [0.5, 0.6) is 0 Å². The number of ether oxygens (including phenoxy) is 1. The van der Waals surface area contributed by atoms with E-state index in [-0.39, 0.29) is 22.8 Å². The number of likely N-dealkylation sites (N-methyl/N-ethyl adjacent to an activating group) is 1. The van der Waals surface area contributed by atoms with Gasteiger partial charge in [0.25, 0.3) is 5.91 Å². The van der Waals surface area contributed by atoms with Crippen LogP contribution in [0.3, 0.4) is 0 Å². The number of amides is 1. The summed E-state index contributed by atoms with van der Waals surface area (Å²) in [6, 6.07) is 1.87. The van der Waals surface area contributed by atoms with Crippen LogP contribution in [-0.4, -0.2) is 72.9 Å². The van der Waals surface area contributed by atoms with Crippen molar-refractivity contribution in [3.63, 3.8) is 0 Å². The third-order valence-electron chi connectivity index (χ3n) is 5.50. The number of hydrogen-bond donors (Lipinski definition) is 4. The molecule has 11 heteroatoms. The lowest BCUT2D eigenvalue weighted by Crippen LogP contribution is -2.41. The van der Waals surface area contributed by atoms with Gasteiger partial charge in [-0.25, -0.2) is 15.0 Å². The van der Waals surface area contributed by atoms with E-state index < -0.39 is 44.4 Å². The number of fused-ring (bicyclic) bond motifs is 1. The van der Waals surface area contributed by atoms with E-state index in [1.54, 1.807) is 11.5 Å². The lowest BCUT2D eigenvalue weighted by molar-refractivity contribution is -0.137. The van der Waals surface area contributed by atoms with Crippen LogP contribution in [0, 0.1) is 0 Å². The van der Waals surface area contributed by atoms with Crippen molar-refractivity contribution >= 4 is 22.9 Å². The molecule has 0 spiro atoms. The number of anilines is 1. The first-order valence-corrected chi connectivity index (χ1v) is 9.62. The standard InChI is InChI=1S/C20H23N7O4/c1-21-17-12-18(26-16(25-17)11-5-10(6-23-7-11)9-3-4-9)27(8-24-12)20-14(29)13(28)15(31-20)19(30)22-2/h5-9,13-15,20,28-29H,3-4H2,1-2H3,(H,22,30)(H,21,25,26)/t13-,14+,15-,20?/m0/s1/i1D3,2D3. The maximum absolute atomic E-state index is 12.3. The third kappa shape index (κ3) is 3.30. The van der Waals surface area contributed by atoms with E-state index in [9.17, 15) is 15.0 Å². The molecule has 1 saturated heterocycles. The molecular weight excluding hydrogens is 402 g/mol. The van der Waals surface area contributed by atoms with Crippen molar-refractivity contribution in [2.75, 3.05) is 19.3 Å². The Bertz CT molecular complexity index is 1340. The molecule has 1 saturated carbocycles. The molecule has 31 heavy (non-hydrogen) atoms. The Kier molecular flexibility index (Phi) is 3.40. The molecule has 3 aromatic heterocycles. The largest absolute Gasteiger partial charge is 0.387 e. The summed E-state index contributed by atoms with van der Waals surface area (Å²) < 4.78 is 51.2. The summed E-state index contributed by atoms with van der Waals surface area (Å²) >= 11 is 0. The summed E-state index contributed by atoms with van der Waals surface area (Å²) in [6.07, 6.45) is 0.0426. The first-order chi connectivity index (χ1) is 17.3. The zero-order chi connectivity index (χ0) is 26.7. The third-order valence-corrected chi connectivity index (χ3v) is 5.50. The van der Waals surface area contributed by atoms with Crippen LogP contribution in [0.4, 0.5) is 5.82 Å². The van der Waals surface area contributed by atoms with Gasteiger partial charge in [0.15, 0.2) is 35.1 Å². The summed E-state index contributed by atoms with van der Waals surface area (Å²) in [5, 5.41) is 25.1. The summed E-state index contributed by atoms with van der Waals surface area (Å²) in [6.45, 7) is -5.44. The monoisotopic (exact) mass is 431 g/mol. The molecular formula is C20H23N7O4. The zero-order valence-corrected chi connectivity index (χ0v) is 16.1. The molecule has 1 amide bonds. The van der Waals surface area contributed by atoms with Gasteiger partial charge in [-0.05, 0) is 30.4 Å². The first kappa shape index (κ1) is 14.0. The Balaban J connectivity index is 1.56. The predicted octanol–water partition coefficient (Wildman–Crippen LogP) is 0.173. The van der Waals surface area contributed by atoms with Gasteiger partial charge < -0.3 is 25.6 Å². The molecule has 0 radical (unpaired) electrons. The highest BCUT2D eigenvalue weighted by molar-refractivity contribution is 5.85. The number of aromatic nitrogens is 5. The smallest absolute Gasteiger partial charge is 0.251 e. The second-order valence-electron chi connectivity index (χ2n) is 7.54.